The molecule has 1 aliphatic rings. The Morgan fingerprint density at radius 3 is 2.72 bits per heavy atom. The number of carbonyl (C=O) groups is 2. The van der Waals surface area contributed by atoms with Crippen molar-refractivity contribution in [1.29, 1.82) is 0 Å². The number of anilines is 3. The van der Waals surface area contributed by atoms with Crippen LogP contribution in [0.1, 0.15) is 16.8 Å². The van der Waals surface area contributed by atoms with Crippen molar-refractivity contribution in [3.05, 3.63) is 35.8 Å². The third-order valence-corrected chi connectivity index (χ3v) is 5.17. The van der Waals surface area contributed by atoms with E-state index in [0.29, 0.717) is 11.6 Å². The number of nitrogens with two attached hydrogens (primary N) is 2. The number of hydrogen-bond acceptors (Lipinski definition) is 9. The van der Waals surface area contributed by atoms with E-state index in [1.807, 2.05) is 0 Å². The number of ether oxygens (including phenoxy) is 1. The summed E-state index contributed by atoms with van der Waals surface area (Å²) in [4.78, 5) is 42.6. The average Bonchev–Trinajstić information content (AvgIpc) is 2.76. The van der Waals surface area contributed by atoms with Crippen molar-refractivity contribution in [2.45, 2.75) is 18.5 Å². The summed E-state index contributed by atoms with van der Waals surface area (Å²) in [5, 5.41) is 15.0. The predicted molar refractivity (Wildman–Crippen MR) is 111 cm³/mol. The molecule has 1 saturated heterocycles. The van der Waals surface area contributed by atoms with Crippen LogP contribution in [0.2, 0.25) is 0 Å². The standard InChI is InChI=1S/C19H22FN7O5/c1-32-15-6-10(2-4-23-15)24-17-11(16(22)29)7-12(20)18(26-17)25-14-3-5-27(9-28,19(30)31)8-13(14)21/h2,4,6-7,13-14H,3,5,8,21H2,1H3,(H2,22,29)(H,30,31)(H2,23,24,25,26)/q+1. The number of amides is 3. The van der Waals surface area contributed by atoms with Crippen molar-refractivity contribution in [1.82, 2.24) is 9.97 Å². The molecule has 169 valence electrons. The number of hydrogen-bond donors (Lipinski definition) is 5. The molecule has 1 radical (unpaired) electrons. The lowest BCUT2D eigenvalue weighted by molar-refractivity contribution is -0.771. The maximum Gasteiger partial charge on any atom is 0.521 e. The fourth-order valence-corrected chi connectivity index (χ4v) is 3.41. The van der Waals surface area contributed by atoms with E-state index in [1.165, 1.54) is 19.7 Å². The summed E-state index contributed by atoms with van der Waals surface area (Å²) in [6, 6.07) is 2.67. The molecule has 3 rings (SSSR count). The Morgan fingerprint density at radius 1 is 1.38 bits per heavy atom. The molecule has 1 aliphatic heterocycles. The highest BCUT2D eigenvalue weighted by Crippen LogP contribution is 2.27. The Balaban J connectivity index is 1.87. The number of piperidine rings is 1. The van der Waals surface area contributed by atoms with Gasteiger partial charge in [-0.05, 0) is 12.1 Å². The minimum absolute atomic E-state index is 0.0177. The van der Waals surface area contributed by atoms with E-state index in [-0.39, 0.29) is 36.7 Å². The van der Waals surface area contributed by atoms with Gasteiger partial charge >= 0.3 is 12.5 Å². The van der Waals surface area contributed by atoms with Crippen LogP contribution in [0.4, 0.5) is 26.5 Å². The van der Waals surface area contributed by atoms with Crippen LogP contribution in [-0.2, 0) is 4.79 Å². The van der Waals surface area contributed by atoms with Crippen LogP contribution in [0, 0.1) is 5.82 Å². The molecule has 13 heteroatoms. The van der Waals surface area contributed by atoms with Gasteiger partial charge in [0.05, 0.1) is 31.3 Å². The highest BCUT2D eigenvalue weighted by Gasteiger charge is 2.47. The van der Waals surface area contributed by atoms with Gasteiger partial charge in [0, 0.05) is 24.4 Å². The fraction of sp³-hybridized carbons (Fsp3) is 0.316. The van der Waals surface area contributed by atoms with Gasteiger partial charge < -0.3 is 31.9 Å². The van der Waals surface area contributed by atoms with Crippen LogP contribution in [0.25, 0.3) is 0 Å². The smallest absolute Gasteiger partial charge is 0.481 e. The lowest BCUT2D eigenvalue weighted by atomic mass is 9.98. The largest absolute Gasteiger partial charge is 0.521 e. The molecule has 3 atom stereocenters. The second-order valence-electron chi connectivity index (χ2n) is 7.24. The number of primary amides is 1. The van der Waals surface area contributed by atoms with E-state index < -0.39 is 34.4 Å². The molecule has 32 heavy (non-hydrogen) atoms. The number of carboxylic acid groups (broad SMARTS) is 1. The van der Waals surface area contributed by atoms with Crippen molar-refractivity contribution in [3.8, 4) is 5.88 Å². The number of nitrogens with zero attached hydrogens (tertiary/aromatic N) is 3. The lowest BCUT2D eigenvalue weighted by Crippen LogP contribution is -2.65. The number of quaternary nitrogens is 1. The van der Waals surface area contributed by atoms with Gasteiger partial charge in [-0.15, -0.1) is 4.48 Å². The molecule has 2 aromatic rings. The first-order valence-electron chi connectivity index (χ1n) is 9.48. The van der Waals surface area contributed by atoms with Crippen LogP contribution in [0.3, 0.4) is 0 Å². The van der Waals surface area contributed by atoms with E-state index >= 15 is 0 Å². The molecular formula is C19H22FN7O5+. The second kappa shape index (κ2) is 9.11. The third-order valence-electron chi connectivity index (χ3n) is 5.17. The zero-order valence-electron chi connectivity index (χ0n) is 17.0. The molecular weight excluding hydrogens is 425 g/mol. The van der Waals surface area contributed by atoms with Crippen LogP contribution in [-0.4, -0.2) is 70.3 Å². The summed E-state index contributed by atoms with van der Waals surface area (Å²) in [5.74, 6) is -1.68. The SMILES string of the molecule is COc1cc(Nc2nc(NC3CC[N+]([C]=O)(C(=O)O)CC3N)c(F)cc2C(N)=O)ccn1. The number of halogens is 1. The number of aromatic nitrogens is 2. The monoisotopic (exact) mass is 447 g/mol. The van der Waals surface area contributed by atoms with Gasteiger partial charge in [0.25, 0.3) is 5.91 Å². The molecule has 12 nitrogen and oxygen atoms in total. The summed E-state index contributed by atoms with van der Waals surface area (Å²) in [5.41, 5.74) is 11.7. The molecule has 0 aromatic carbocycles. The van der Waals surface area contributed by atoms with Crippen molar-refractivity contribution < 1.29 is 33.1 Å². The minimum atomic E-state index is -1.36. The van der Waals surface area contributed by atoms with Crippen molar-refractivity contribution >= 4 is 35.7 Å². The minimum Gasteiger partial charge on any atom is -0.481 e. The van der Waals surface area contributed by atoms with Gasteiger partial charge in [-0.3, -0.25) is 4.79 Å². The zero-order valence-corrected chi connectivity index (χ0v) is 17.0. The highest BCUT2D eigenvalue weighted by atomic mass is 19.1. The second-order valence-corrected chi connectivity index (χ2v) is 7.24. The molecule has 0 spiro atoms. The number of pyridine rings is 2. The van der Waals surface area contributed by atoms with Crippen molar-refractivity contribution in [3.63, 3.8) is 0 Å². The summed E-state index contributed by atoms with van der Waals surface area (Å²) in [6.07, 6.45) is 1.77. The van der Waals surface area contributed by atoms with Crippen LogP contribution in [0.15, 0.2) is 24.4 Å². The molecule has 1 fully saturated rings. The maximum atomic E-state index is 14.7. The molecule has 0 bridgehead atoms. The topological polar surface area (TPSA) is 183 Å². The maximum absolute atomic E-state index is 14.7. The summed E-state index contributed by atoms with van der Waals surface area (Å²) in [6.45, 7) is -0.299. The molecule has 7 N–H and O–H groups in total. The van der Waals surface area contributed by atoms with Gasteiger partial charge in [-0.25, -0.2) is 19.2 Å². The lowest BCUT2D eigenvalue weighted by Gasteiger charge is -2.37. The Bertz CT molecular complexity index is 1050. The quantitative estimate of drug-likeness (QED) is 0.376. The Labute approximate surface area is 182 Å². The van der Waals surface area contributed by atoms with Gasteiger partial charge in [0.2, 0.25) is 5.88 Å². The summed E-state index contributed by atoms with van der Waals surface area (Å²) >= 11 is 0. The molecule has 0 saturated carbocycles. The zero-order chi connectivity index (χ0) is 23.5. The molecule has 3 amide bonds. The fourth-order valence-electron chi connectivity index (χ4n) is 3.41. The summed E-state index contributed by atoms with van der Waals surface area (Å²) in [7, 11) is 1.44. The highest BCUT2D eigenvalue weighted by molar-refractivity contribution is 5.98. The first-order valence-corrected chi connectivity index (χ1v) is 9.48. The Morgan fingerprint density at radius 2 is 2.12 bits per heavy atom. The van der Waals surface area contributed by atoms with Gasteiger partial charge in [0.1, 0.15) is 12.4 Å². The van der Waals surface area contributed by atoms with Crippen LogP contribution in [0.5, 0.6) is 5.88 Å². The van der Waals surface area contributed by atoms with E-state index in [2.05, 4.69) is 20.6 Å². The summed E-state index contributed by atoms with van der Waals surface area (Å²) < 4.78 is 18.8. The van der Waals surface area contributed by atoms with Gasteiger partial charge in [0.15, 0.2) is 11.6 Å². The van der Waals surface area contributed by atoms with Crippen molar-refractivity contribution in [2.24, 2.45) is 11.5 Å². The Hall–Kier alpha value is -3.84. The number of carbonyl (C=O) groups excluding carboxylic acids is 2. The van der Waals surface area contributed by atoms with E-state index in [9.17, 15) is 23.9 Å². The normalized spacial score (nSPS) is 22.6. The molecule has 3 heterocycles. The molecule has 2 aromatic heterocycles. The number of nitrogens with one attached hydrogen (secondary N) is 2. The number of imide groups is 1. The van der Waals surface area contributed by atoms with Crippen LogP contribution < -0.4 is 26.8 Å². The Kier molecular flexibility index (Phi) is 6.50. The predicted octanol–water partition coefficient (Wildman–Crippen LogP) is 0.540. The van der Waals surface area contributed by atoms with Gasteiger partial charge in [-0.2, -0.15) is 4.79 Å². The first kappa shape index (κ1) is 22.8. The van der Waals surface area contributed by atoms with E-state index in [4.69, 9.17) is 16.2 Å². The average molecular weight is 447 g/mol. The number of methoxy groups -OCH3 is 1. The molecule has 0 aliphatic carbocycles. The van der Waals surface area contributed by atoms with Crippen molar-refractivity contribution in [2.75, 3.05) is 30.8 Å². The first-order chi connectivity index (χ1) is 15.2. The number of rotatable bonds is 7. The van der Waals surface area contributed by atoms with E-state index in [1.54, 1.807) is 12.1 Å². The number of likely N-dealkylation sites (tertiary alicyclic amines) is 1. The molecule has 3 unspecified atom stereocenters. The van der Waals surface area contributed by atoms with E-state index in [0.717, 1.165) is 6.07 Å². The third kappa shape index (κ3) is 4.58. The van der Waals surface area contributed by atoms with Gasteiger partial charge in [-0.1, -0.05) is 0 Å². The van der Waals surface area contributed by atoms with Crippen LogP contribution >= 0.6 is 0 Å².